The molecule has 0 bridgehead atoms. The monoisotopic (exact) mass is 696 g/mol. The quantitative estimate of drug-likeness (QED) is 0.210. The van der Waals surface area contributed by atoms with E-state index >= 15 is 0 Å². The Morgan fingerprint density at radius 1 is 1.10 bits per heavy atom. The number of fused-ring (bicyclic) bond motifs is 1. The van der Waals surface area contributed by atoms with E-state index in [2.05, 4.69) is 44.6 Å². The van der Waals surface area contributed by atoms with Crippen molar-refractivity contribution in [1.29, 1.82) is 0 Å². The minimum atomic E-state index is -1.28. The van der Waals surface area contributed by atoms with Crippen molar-refractivity contribution in [3.8, 4) is 5.75 Å². The summed E-state index contributed by atoms with van der Waals surface area (Å²) in [6, 6.07) is 16.2. The average molecular weight is 697 g/mol. The Morgan fingerprint density at radius 3 is 2.68 bits per heavy atom. The van der Waals surface area contributed by atoms with Gasteiger partial charge in [0.1, 0.15) is 17.6 Å². The standard InChI is InChI=1S/C37H37FN6O5S/c1-42(20-22-3-2-4-23(17-22)28-8-10-32(46)40-34(28)47)26-11-14-43(15-12-26)27-7-5-24-21-44(36(49)29(24)19-27)33(30-18-25(38)6-9-31(30)45)35(48)41-37-39-13-16-50-37/h2-7,9,13,16-19,26,28,33,45H,8,10-12,14-15,20-21H2,1H3,(H,39,41,48)(H,40,46,47). The average Bonchev–Trinajstić information content (AvgIpc) is 3.74. The predicted molar refractivity (Wildman–Crippen MR) is 186 cm³/mol. The van der Waals surface area contributed by atoms with E-state index in [1.165, 1.54) is 22.3 Å². The highest BCUT2D eigenvalue weighted by atomic mass is 32.1. The third kappa shape index (κ3) is 6.83. The van der Waals surface area contributed by atoms with Crippen LogP contribution in [0, 0.1) is 5.82 Å². The molecule has 3 N–H and O–H groups in total. The van der Waals surface area contributed by atoms with Crippen LogP contribution < -0.4 is 15.5 Å². The van der Waals surface area contributed by atoms with Crippen molar-refractivity contribution in [2.24, 2.45) is 0 Å². The number of nitrogens with zero attached hydrogens (tertiary/aromatic N) is 4. The van der Waals surface area contributed by atoms with Crippen molar-refractivity contribution in [1.82, 2.24) is 20.1 Å². The molecule has 13 heteroatoms. The van der Waals surface area contributed by atoms with Crippen molar-refractivity contribution < 1.29 is 28.7 Å². The molecule has 0 spiro atoms. The Labute approximate surface area is 292 Å². The fourth-order valence-electron chi connectivity index (χ4n) is 7.27. The zero-order valence-electron chi connectivity index (χ0n) is 27.5. The second-order valence-corrected chi connectivity index (χ2v) is 14.0. The van der Waals surface area contributed by atoms with Gasteiger partial charge in [0.25, 0.3) is 11.8 Å². The highest BCUT2D eigenvalue weighted by Crippen LogP contribution is 2.38. The summed E-state index contributed by atoms with van der Waals surface area (Å²) in [6.07, 6.45) is 4.24. The van der Waals surface area contributed by atoms with Gasteiger partial charge in [0.05, 0.1) is 5.92 Å². The van der Waals surface area contributed by atoms with Crippen LogP contribution in [-0.4, -0.2) is 69.7 Å². The lowest BCUT2D eigenvalue weighted by atomic mass is 9.89. The number of benzene rings is 3. The summed E-state index contributed by atoms with van der Waals surface area (Å²) < 4.78 is 14.4. The number of imide groups is 1. The molecular weight excluding hydrogens is 660 g/mol. The van der Waals surface area contributed by atoms with Crippen LogP contribution in [0.1, 0.15) is 70.3 Å². The van der Waals surface area contributed by atoms with Crippen LogP contribution in [0.3, 0.4) is 0 Å². The molecule has 4 aromatic rings. The molecule has 4 amide bonds. The van der Waals surface area contributed by atoms with Gasteiger partial charge in [-0.1, -0.05) is 30.3 Å². The number of rotatable bonds is 9. The number of halogens is 1. The number of aromatic hydroxyl groups is 1. The minimum Gasteiger partial charge on any atom is -0.508 e. The Bertz CT molecular complexity index is 1950. The molecule has 2 saturated heterocycles. The van der Waals surface area contributed by atoms with E-state index in [1.54, 1.807) is 11.6 Å². The number of carbonyl (C=O) groups excluding carboxylic acids is 4. The third-order valence-corrected chi connectivity index (χ3v) is 10.6. The molecule has 7 rings (SSSR count). The van der Waals surface area contributed by atoms with E-state index in [9.17, 15) is 28.7 Å². The van der Waals surface area contributed by atoms with Crippen molar-refractivity contribution in [2.75, 3.05) is 30.4 Å². The van der Waals surface area contributed by atoms with Gasteiger partial charge in [0.2, 0.25) is 11.8 Å². The maximum Gasteiger partial charge on any atom is 0.255 e. The van der Waals surface area contributed by atoms with E-state index in [4.69, 9.17) is 0 Å². The van der Waals surface area contributed by atoms with Crippen LogP contribution >= 0.6 is 11.3 Å². The first-order valence-corrected chi connectivity index (χ1v) is 17.5. The van der Waals surface area contributed by atoms with Gasteiger partial charge in [-0.05, 0) is 73.3 Å². The molecule has 50 heavy (non-hydrogen) atoms. The lowest BCUT2D eigenvalue weighted by molar-refractivity contribution is -0.134. The summed E-state index contributed by atoms with van der Waals surface area (Å²) in [7, 11) is 2.11. The van der Waals surface area contributed by atoms with Crippen molar-refractivity contribution in [3.05, 3.63) is 106 Å². The molecule has 3 aromatic carbocycles. The van der Waals surface area contributed by atoms with E-state index in [0.29, 0.717) is 29.6 Å². The molecule has 2 atom stereocenters. The highest BCUT2D eigenvalue weighted by molar-refractivity contribution is 7.13. The maximum absolute atomic E-state index is 14.4. The van der Waals surface area contributed by atoms with Crippen molar-refractivity contribution in [2.45, 2.75) is 56.8 Å². The lowest BCUT2D eigenvalue weighted by Crippen LogP contribution is -2.43. The molecule has 3 aliphatic heterocycles. The summed E-state index contributed by atoms with van der Waals surface area (Å²) in [5.74, 6) is -2.66. The lowest BCUT2D eigenvalue weighted by Gasteiger charge is -2.38. The molecular formula is C37H37FN6O5S. The Kier molecular flexibility index (Phi) is 9.34. The summed E-state index contributed by atoms with van der Waals surface area (Å²) in [5.41, 5.74) is 4.17. The number of nitrogens with one attached hydrogen (secondary N) is 2. The molecule has 1 aromatic heterocycles. The molecule has 11 nitrogen and oxygen atoms in total. The Balaban J connectivity index is 1.01. The number of aromatic nitrogens is 1. The third-order valence-electron chi connectivity index (χ3n) is 9.91. The van der Waals surface area contributed by atoms with Crippen LogP contribution in [0.2, 0.25) is 0 Å². The molecule has 3 aliphatic rings. The zero-order chi connectivity index (χ0) is 34.9. The molecule has 2 fully saturated rings. The SMILES string of the molecule is CN(Cc1cccc(C2CCC(=O)NC2=O)c1)C1CCN(c2ccc3c(c2)C(=O)N(C(C(=O)Nc2nccs2)c2cc(F)ccc2O)C3)CC1. The maximum atomic E-state index is 14.4. The van der Waals surface area contributed by atoms with Gasteiger partial charge in [-0.2, -0.15) is 0 Å². The van der Waals surface area contributed by atoms with Gasteiger partial charge in [-0.15, -0.1) is 11.3 Å². The molecule has 0 radical (unpaired) electrons. The number of amides is 4. The highest BCUT2D eigenvalue weighted by Gasteiger charge is 2.40. The number of phenols is 1. The van der Waals surface area contributed by atoms with E-state index in [1.807, 2.05) is 30.3 Å². The number of hydrogen-bond donors (Lipinski definition) is 3. The predicted octanol–water partition coefficient (Wildman–Crippen LogP) is 4.94. The number of hydrogen-bond acceptors (Lipinski definition) is 9. The van der Waals surface area contributed by atoms with Gasteiger partial charge >= 0.3 is 0 Å². The molecule has 258 valence electrons. The van der Waals surface area contributed by atoms with E-state index < -0.39 is 17.8 Å². The van der Waals surface area contributed by atoms with Gasteiger partial charge < -0.3 is 14.9 Å². The Hall–Kier alpha value is -5.14. The number of carbonyl (C=O) groups is 4. The van der Waals surface area contributed by atoms with Crippen LogP contribution in [0.5, 0.6) is 5.75 Å². The second kappa shape index (κ2) is 14.0. The topological polar surface area (TPSA) is 135 Å². The van der Waals surface area contributed by atoms with Crippen LogP contribution in [-0.2, 0) is 27.5 Å². The molecule has 0 aliphatic carbocycles. The van der Waals surface area contributed by atoms with Crippen molar-refractivity contribution >= 4 is 45.8 Å². The van der Waals surface area contributed by atoms with Gasteiger partial charge in [-0.3, -0.25) is 34.7 Å². The molecule has 2 unspecified atom stereocenters. The second-order valence-electron chi connectivity index (χ2n) is 13.1. The largest absolute Gasteiger partial charge is 0.508 e. The number of thiazole rings is 1. The van der Waals surface area contributed by atoms with Gasteiger partial charge in [-0.25, -0.2) is 9.37 Å². The Morgan fingerprint density at radius 2 is 1.92 bits per heavy atom. The first kappa shape index (κ1) is 33.4. The zero-order valence-corrected chi connectivity index (χ0v) is 28.3. The molecule has 0 saturated carbocycles. The smallest absolute Gasteiger partial charge is 0.255 e. The summed E-state index contributed by atoms with van der Waals surface area (Å²) >= 11 is 1.21. The van der Waals surface area contributed by atoms with Gasteiger partial charge in [0.15, 0.2) is 5.13 Å². The first-order chi connectivity index (χ1) is 24.1. The fraction of sp³-hybridized carbons (Fsp3) is 0.324. The first-order valence-electron chi connectivity index (χ1n) is 16.6. The summed E-state index contributed by atoms with van der Waals surface area (Å²) in [4.78, 5) is 61.6. The number of anilines is 2. The summed E-state index contributed by atoms with van der Waals surface area (Å²) in [5, 5.41) is 17.8. The summed E-state index contributed by atoms with van der Waals surface area (Å²) in [6.45, 7) is 2.43. The minimum absolute atomic E-state index is 0.00525. The van der Waals surface area contributed by atoms with E-state index in [0.717, 1.165) is 67.0 Å². The van der Waals surface area contributed by atoms with Crippen molar-refractivity contribution in [3.63, 3.8) is 0 Å². The molecule has 4 heterocycles. The van der Waals surface area contributed by atoms with Gasteiger partial charge in [0, 0.05) is 67.0 Å². The number of phenolic OH excluding ortho intramolecular Hbond substituents is 1. The van der Waals surface area contributed by atoms with Crippen LogP contribution in [0.4, 0.5) is 15.2 Å². The van der Waals surface area contributed by atoms with E-state index in [-0.39, 0.29) is 41.5 Å². The normalized spacial score (nSPS) is 18.7. The van der Waals surface area contributed by atoms with Crippen LogP contribution in [0.25, 0.3) is 0 Å². The number of piperidine rings is 2. The fourth-order valence-corrected chi connectivity index (χ4v) is 7.80. The van der Waals surface area contributed by atoms with Crippen LogP contribution in [0.15, 0.2) is 72.2 Å².